The Morgan fingerprint density at radius 2 is 1.25 bits per heavy atom. The van der Waals surface area contributed by atoms with Crippen molar-refractivity contribution in [2.24, 2.45) is 0 Å². The van der Waals surface area contributed by atoms with Crippen molar-refractivity contribution in [3.05, 3.63) is 48.5 Å². The minimum Gasteiger partial charge on any atom is -0.356 e. The Labute approximate surface area is 140 Å². The molecule has 4 N–H and O–H groups in total. The highest BCUT2D eigenvalue weighted by Gasteiger charge is 2.23. The Morgan fingerprint density at radius 3 is 1.71 bits per heavy atom. The number of hydrogen-bond donors (Lipinski definition) is 4. The molecule has 0 aliphatic heterocycles. The summed E-state index contributed by atoms with van der Waals surface area (Å²) in [6, 6.07) is 15.1. The van der Waals surface area contributed by atoms with Crippen molar-refractivity contribution in [2.75, 3.05) is 16.0 Å². The number of carbonyl (C=O) groups is 2. The van der Waals surface area contributed by atoms with Gasteiger partial charge in [-0.2, -0.15) is 0 Å². The van der Waals surface area contributed by atoms with Gasteiger partial charge in [-0.3, -0.25) is 4.79 Å². The van der Waals surface area contributed by atoms with E-state index in [0.29, 0.717) is 6.04 Å². The Bertz CT molecular complexity index is 722. The first-order valence-corrected chi connectivity index (χ1v) is 7.91. The maximum Gasteiger partial charge on any atom is 0.319 e. The minimum absolute atomic E-state index is 0.0930. The molecular weight excluding hydrogens is 304 g/mol. The number of amides is 3. The van der Waals surface area contributed by atoms with Gasteiger partial charge in [-0.1, -0.05) is 0 Å². The van der Waals surface area contributed by atoms with Gasteiger partial charge in [0.15, 0.2) is 0 Å². The Balaban J connectivity index is 1.55. The van der Waals surface area contributed by atoms with Crippen molar-refractivity contribution >= 4 is 34.7 Å². The van der Waals surface area contributed by atoms with Crippen LogP contribution in [0.3, 0.4) is 0 Å². The van der Waals surface area contributed by atoms with Gasteiger partial charge in [0.1, 0.15) is 0 Å². The number of anilines is 4. The molecule has 0 saturated heterocycles. The lowest BCUT2D eigenvalue weighted by Gasteiger charge is -2.10. The largest absolute Gasteiger partial charge is 0.356 e. The number of rotatable bonds is 5. The van der Waals surface area contributed by atoms with Crippen LogP contribution < -0.4 is 21.3 Å². The summed E-state index contributed by atoms with van der Waals surface area (Å²) < 4.78 is 0. The maximum absolute atomic E-state index is 11.7. The van der Waals surface area contributed by atoms with E-state index in [4.69, 9.17) is 0 Å². The van der Waals surface area contributed by atoms with Crippen LogP contribution >= 0.6 is 0 Å². The molecule has 0 unspecified atom stereocenters. The second-order valence-corrected chi connectivity index (χ2v) is 5.83. The second-order valence-electron chi connectivity index (χ2n) is 5.83. The van der Waals surface area contributed by atoms with Crippen molar-refractivity contribution in [1.29, 1.82) is 0 Å². The van der Waals surface area contributed by atoms with Crippen LogP contribution in [0.1, 0.15) is 19.8 Å². The summed E-state index contributed by atoms with van der Waals surface area (Å²) in [6.07, 6.45) is 2.13. The van der Waals surface area contributed by atoms with Gasteiger partial charge in [-0.05, 0) is 61.4 Å². The molecule has 1 aliphatic carbocycles. The zero-order chi connectivity index (χ0) is 16.9. The first-order chi connectivity index (χ1) is 11.6. The molecule has 0 spiro atoms. The lowest BCUT2D eigenvalue weighted by molar-refractivity contribution is -0.114. The second kappa shape index (κ2) is 7.04. The molecule has 2 aromatic rings. The van der Waals surface area contributed by atoms with Crippen LogP contribution in [0.15, 0.2) is 48.5 Å². The summed E-state index contributed by atoms with van der Waals surface area (Å²) in [5.74, 6) is -0.0930. The van der Waals surface area contributed by atoms with Gasteiger partial charge in [0.25, 0.3) is 0 Å². The van der Waals surface area contributed by atoms with Crippen molar-refractivity contribution in [2.45, 2.75) is 25.8 Å². The summed E-state index contributed by atoms with van der Waals surface area (Å²) in [7, 11) is 0. The van der Waals surface area contributed by atoms with Gasteiger partial charge in [0.2, 0.25) is 5.91 Å². The first kappa shape index (κ1) is 15.9. The number of nitrogens with one attached hydrogen (secondary N) is 4. The molecule has 1 fully saturated rings. The number of carbonyl (C=O) groups excluding carboxylic acids is 2. The van der Waals surface area contributed by atoms with Crippen LogP contribution in [0.2, 0.25) is 0 Å². The van der Waals surface area contributed by atoms with E-state index >= 15 is 0 Å². The van der Waals surface area contributed by atoms with Crippen molar-refractivity contribution in [1.82, 2.24) is 5.32 Å². The van der Waals surface area contributed by atoms with Crippen LogP contribution in [0.4, 0.5) is 27.5 Å². The molecule has 1 aliphatic rings. The third kappa shape index (κ3) is 4.74. The fourth-order valence-electron chi connectivity index (χ4n) is 2.22. The van der Waals surface area contributed by atoms with E-state index in [-0.39, 0.29) is 11.9 Å². The molecule has 0 aromatic heterocycles. The summed E-state index contributed by atoms with van der Waals surface area (Å²) >= 11 is 0. The summed E-state index contributed by atoms with van der Waals surface area (Å²) in [5.41, 5.74) is 3.33. The highest BCUT2D eigenvalue weighted by molar-refractivity contribution is 5.90. The van der Waals surface area contributed by atoms with Crippen LogP contribution in [0, 0.1) is 0 Å². The summed E-state index contributed by atoms with van der Waals surface area (Å²) in [4.78, 5) is 22.7. The molecule has 3 amide bonds. The first-order valence-electron chi connectivity index (χ1n) is 7.91. The predicted molar refractivity (Wildman–Crippen MR) is 95.6 cm³/mol. The third-order valence-corrected chi connectivity index (χ3v) is 3.55. The molecule has 3 rings (SSSR count). The van der Waals surface area contributed by atoms with Crippen LogP contribution in [0.25, 0.3) is 0 Å². The SMILES string of the molecule is CC(=O)Nc1ccc(Nc2ccc(NC(=O)NC3CC3)cc2)cc1. The van der Waals surface area contributed by atoms with Gasteiger partial charge in [0.05, 0.1) is 0 Å². The van der Waals surface area contributed by atoms with Crippen LogP contribution in [-0.4, -0.2) is 18.0 Å². The monoisotopic (exact) mass is 324 g/mol. The van der Waals surface area contributed by atoms with Gasteiger partial charge >= 0.3 is 6.03 Å². The topological polar surface area (TPSA) is 82.3 Å². The lowest BCUT2D eigenvalue weighted by atomic mass is 10.2. The molecule has 6 nitrogen and oxygen atoms in total. The van der Waals surface area contributed by atoms with Crippen molar-refractivity contribution < 1.29 is 9.59 Å². The van der Waals surface area contributed by atoms with Crippen LogP contribution in [-0.2, 0) is 4.79 Å². The lowest BCUT2D eigenvalue weighted by Crippen LogP contribution is -2.30. The summed E-state index contributed by atoms with van der Waals surface area (Å²) in [6.45, 7) is 1.48. The average Bonchev–Trinajstić information content (AvgIpc) is 3.34. The molecule has 0 atom stereocenters. The van der Waals surface area contributed by atoms with Gasteiger partial charge in [-0.15, -0.1) is 0 Å². The summed E-state index contributed by atoms with van der Waals surface area (Å²) in [5, 5.41) is 11.7. The van der Waals surface area contributed by atoms with E-state index in [0.717, 1.165) is 35.6 Å². The fraction of sp³-hybridized carbons (Fsp3) is 0.222. The average molecular weight is 324 g/mol. The highest BCUT2D eigenvalue weighted by Crippen LogP contribution is 2.21. The van der Waals surface area contributed by atoms with Gasteiger partial charge in [-0.25, -0.2) is 4.79 Å². The Morgan fingerprint density at radius 1 is 0.792 bits per heavy atom. The quantitative estimate of drug-likeness (QED) is 0.677. The maximum atomic E-state index is 11.7. The number of urea groups is 1. The molecule has 6 heteroatoms. The molecule has 0 radical (unpaired) electrons. The molecular formula is C18H20N4O2. The third-order valence-electron chi connectivity index (χ3n) is 3.55. The smallest absolute Gasteiger partial charge is 0.319 e. The van der Waals surface area contributed by atoms with E-state index in [2.05, 4.69) is 21.3 Å². The van der Waals surface area contributed by atoms with E-state index in [1.807, 2.05) is 48.5 Å². The molecule has 124 valence electrons. The van der Waals surface area contributed by atoms with E-state index in [9.17, 15) is 9.59 Å². The molecule has 24 heavy (non-hydrogen) atoms. The van der Waals surface area contributed by atoms with E-state index in [1.165, 1.54) is 6.92 Å². The Kier molecular flexibility index (Phi) is 4.65. The zero-order valence-electron chi connectivity index (χ0n) is 13.4. The normalized spacial score (nSPS) is 13.0. The van der Waals surface area contributed by atoms with Crippen molar-refractivity contribution in [3.63, 3.8) is 0 Å². The molecule has 0 bridgehead atoms. The number of benzene rings is 2. The van der Waals surface area contributed by atoms with Gasteiger partial charge in [0, 0.05) is 35.7 Å². The van der Waals surface area contributed by atoms with Gasteiger partial charge < -0.3 is 21.3 Å². The van der Waals surface area contributed by atoms with Crippen LogP contribution in [0.5, 0.6) is 0 Å². The molecule has 1 saturated carbocycles. The van der Waals surface area contributed by atoms with Crippen molar-refractivity contribution in [3.8, 4) is 0 Å². The Hall–Kier alpha value is -3.02. The molecule has 0 heterocycles. The van der Waals surface area contributed by atoms with E-state index < -0.39 is 0 Å². The zero-order valence-corrected chi connectivity index (χ0v) is 13.4. The number of hydrogen-bond acceptors (Lipinski definition) is 3. The minimum atomic E-state index is -0.160. The fourth-order valence-corrected chi connectivity index (χ4v) is 2.22. The standard InChI is InChI=1S/C18H20N4O2/c1-12(23)19-13-2-4-14(5-3-13)20-15-6-8-16(9-7-15)21-18(24)22-17-10-11-17/h2-9,17,20H,10-11H2,1H3,(H,19,23)(H2,21,22,24). The predicted octanol–water partition coefficient (Wildman–Crippen LogP) is 3.67. The van der Waals surface area contributed by atoms with E-state index in [1.54, 1.807) is 0 Å². The molecule has 2 aromatic carbocycles. The highest BCUT2D eigenvalue weighted by atomic mass is 16.2.